The van der Waals surface area contributed by atoms with E-state index in [1.54, 1.807) is 0 Å². The fraction of sp³-hybridized carbons (Fsp3) is 0.600. The van der Waals surface area contributed by atoms with Crippen LogP contribution < -0.4 is 5.32 Å². The van der Waals surface area contributed by atoms with Crippen LogP contribution in [0.3, 0.4) is 0 Å². The Hall–Kier alpha value is -1.99. The van der Waals surface area contributed by atoms with Gasteiger partial charge >= 0.3 is 6.18 Å². The van der Waals surface area contributed by atoms with E-state index in [0.29, 0.717) is 25.9 Å². The lowest BCUT2D eigenvalue weighted by molar-refractivity contribution is -0.140. The van der Waals surface area contributed by atoms with E-state index in [9.17, 15) is 22.8 Å². The molecule has 2 heterocycles. The van der Waals surface area contributed by atoms with Gasteiger partial charge in [-0.25, -0.2) is 0 Å². The molecule has 8 heteroatoms. The Morgan fingerprint density at radius 2 is 2.13 bits per heavy atom. The number of amides is 2. The summed E-state index contributed by atoms with van der Waals surface area (Å²) in [4.78, 5) is 28.2. The van der Waals surface area contributed by atoms with Gasteiger partial charge < -0.3 is 15.2 Å². The zero-order valence-electron chi connectivity index (χ0n) is 13.0. The lowest BCUT2D eigenvalue weighted by Crippen LogP contribution is -2.47. The highest BCUT2D eigenvalue weighted by Crippen LogP contribution is 2.29. The minimum atomic E-state index is -4.54. The number of aromatic amines is 1. The number of H-pyrrole nitrogens is 1. The number of hydrogen-bond acceptors (Lipinski definition) is 2. The second kappa shape index (κ2) is 6.64. The van der Waals surface area contributed by atoms with Crippen molar-refractivity contribution in [1.82, 2.24) is 15.2 Å². The summed E-state index contributed by atoms with van der Waals surface area (Å²) >= 11 is 0. The zero-order valence-corrected chi connectivity index (χ0v) is 13.0. The summed E-state index contributed by atoms with van der Waals surface area (Å²) in [5, 5.41) is 2.75. The van der Waals surface area contributed by atoms with Crippen LogP contribution in [0.1, 0.15) is 42.7 Å². The van der Waals surface area contributed by atoms with Crippen LogP contribution in [0.4, 0.5) is 13.2 Å². The number of alkyl halides is 3. The molecule has 1 aliphatic heterocycles. The van der Waals surface area contributed by atoms with Gasteiger partial charge in [-0.2, -0.15) is 13.2 Å². The molecule has 128 valence electrons. The third kappa shape index (κ3) is 4.05. The van der Waals surface area contributed by atoms with Gasteiger partial charge in [0.25, 0.3) is 5.91 Å². The molecule has 1 aromatic rings. The Balaban J connectivity index is 2.26. The molecule has 1 fully saturated rings. The predicted octanol–water partition coefficient (Wildman–Crippen LogP) is 2.41. The van der Waals surface area contributed by atoms with Crippen LogP contribution in [-0.2, 0) is 11.0 Å². The van der Waals surface area contributed by atoms with Crippen LogP contribution >= 0.6 is 0 Å². The molecular formula is C15H20F3N3O2. The topological polar surface area (TPSA) is 65.2 Å². The number of carbonyl (C=O) groups excluding carboxylic acids is 2. The Morgan fingerprint density at radius 1 is 1.43 bits per heavy atom. The van der Waals surface area contributed by atoms with E-state index in [1.165, 1.54) is 4.90 Å². The summed E-state index contributed by atoms with van der Waals surface area (Å²) in [6.45, 7) is 4.65. The maximum absolute atomic E-state index is 12.7. The first-order chi connectivity index (χ1) is 10.7. The monoisotopic (exact) mass is 331 g/mol. The first-order valence-corrected chi connectivity index (χ1v) is 7.54. The number of carbonyl (C=O) groups is 2. The Labute approximate surface area is 132 Å². The van der Waals surface area contributed by atoms with Crippen LogP contribution in [0.25, 0.3) is 0 Å². The standard InChI is InChI=1S/C15H20F3N3O2/c1-9(2)6-11-13(22)19-4-3-5-21(11)14(23)10-7-12(20-8-10)15(16,17)18/h7-9,11,20H,3-6H2,1-2H3,(H,19,22). The lowest BCUT2D eigenvalue weighted by Gasteiger charge is -2.29. The van der Waals surface area contributed by atoms with Gasteiger partial charge in [0, 0.05) is 19.3 Å². The Kier molecular flexibility index (Phi) is 5.01. The molecule has 0 aromatic carbocycles. The average molecular weight is 331 g/mol. The third-order valence-corrected chi connectivity index (χ3v) is 3.74. The van der Waals surface area contributed by atoms with Crippen molar-refractivity contribution in [2.75, 3.05) is 13.1 Å². The molecule has 0 radical (unpaired) electrons. The number of halogens is 3. The van der Waals surface area contributed by atoms with Crippen molar-refractivity contribution in [3.8, 4) is 0 Å². The van der Waals surface area contributed by atoms with Crippen molar-refractivity contribution in [2.45, 2.75) is 38.9 Å². The second-order valence-electron chi connectivity index (χ2n) is 6.09. The van der Waals surface area contributed by atoms with Gasteiger partial charge in [0.2, 0.25) is 5.91 Å². The molecule has 5 nitrogen and oxygen atoms in total. The van der Waals surface area contributed by atoms with E-state index in [-0.39, 0.29) is 17.4 Å². The van der Waals surface area contributed by atoms with Crippen LogP contribution in [0, 0.1) is 5.92 Å². The fourth-order valence-corrected chi connectivity index (χ4v) is 2.65. The number of nitrogens with one attached hydrogen (secondary N) is 2. The van der Waals surface area contributed by atoms with Gasteiger partial charge in [0.1, 0.15) is 11.7 Å². The number of hydrogen-bond donors (Lipinski definition) is 2. The Morgan fingerprint density at radius 3 is 2.70 bits per heavy atom. The van der Waals surface area contributed by atoms with E-state index < -0.39 is 23.8 Å². The van der Waals surface area contributed by atoms with Gasteiger partial charge in [-0.15, -0.1) is 0 Å². The normalized spacial score (nSPS) is 19.7. The van der Waals surface area contributed by atoms with Gasteiger partial charge in [0.15, 0.2) is 0 Å². The average Bonchev–Trinajstić information content (AvgIpc) is 2.87. The summed E-state index contributed by atoms with van der Waals surface area (Å²) < 4.78 is 38.0. The highest BCUT2D eigenvalue weighted by atomic mass is 19.4. The summed E-state index contributed by atoms with van der Waals surface area (Å²) in [7, 11) is 0. The number of nitrogens with zero attached hydrogens (tertiary/aromatic N) is 1. The summed E-state index contributed by atoms with van der Waals surface area (Å²) in [6, 6.07) is 0.131. The molecule has 2 rings (SSSR count). The molecule has 1 atom stereocenters. The summed E-state index contributed by atoms with van der Waals surface area (Å²) in [6.07, 6.45) is -2.46. The molecule has 0 aliphatic carbocycles. The molecule has 1 saturated heterocycles. The van der Waals surface area contributed by atoms with Crippen molar-refractivity contribution < 1.29 is 22.8 Å². The number of aromatic nitrogens is 1. The second-order valence-corrected chi connectivity index (χ2v) is 6.09. The van der Waals surface area contributed by atoms with E-state index >= 15 is 0 Å². The van der Waals surface area contributed by atoms with Crippen molar-refractivity contribution in [3.63, 3.8) is 0 Å². The SMILES string of the molecule is CC(C)CC1C(=O)NCCCN1C(=O)c1c[nH]c(C(F)(F)F)c1. The lowest BCUT2D eigenvalue weighted by atomic mass is 10.0. The molecule has 0 bridgehead atoms. The van der Waals surface area contributed by atoms with Crippen LogP contribution in [0.5, 0.6) is 0 Å². The Bertz CT molecular complexity index is 581. The minimum Gasteiger partial charge on any atom is -0.357 e. The minimum absolute atomic E-state index is 0.0826. The maximum atomic E-state index is 12.7. The first kappa shape index (κ1) is 17.4. The molecule has 2 N–H and O–H groups in total. The largest absolute Gasteiger partial charge is 0.431 e. The van der Waals surface area contributed by atoms with E-state index in [2.05, 4.69) is 10.3 Å². The van der Waals surface area contributed by atoms with Gasteiger partial charge in [-0.3, -0.25) is 9.59 Å². The highest BCUT2D eigenvalue weighted by molar-refractivity contribution is 5.97. The molecule has 1 aromatic heterocycles. The molecule has 0 saturated carbocycles. The van der Waals surface area contributed by atoms with Crippen LogP contribution in [0.2, 0.25) is 0 Å². The third-order valence-electron chi connectivity index (χ3n) is 3.74. The van der Waals surface area contributed by atoms with E-state index in [1.807, 2.05) is 13.8 Å². The van der Waals surface area contributed by atoms with Gasteiger partial charge in [-0.1, -0.05) is 13.8 Å². The number of rotatable bonds is 3. The fourth-order valence-electron chi connectivity index (χ4n) is 2.65. The van der Waals surface area contributed by atoms with Crippen molar-refractivity contribution >= 4 is 11.8 Å². The summed E-state index contributed by atoms with van der Waals surface area (Å²) in [5.41, 5.74) is -1.05. The van der Waals surface area contributed by atoms with Gasteiger partial charge in [0.05, 0.1) is 5.56 Å². The summed E-state index contributed by atoms with van der Waals surface area (Å²) in [5.74, 6) is -0.633. The van der Waals surface area contributed by atoms with Crippen LogP contribution in [0.15, 0.2) is 12.3 Å². The van der Waals surface area contributed by atoms with Crippen molar-refractivity contribution in [2.24, 2.45) is 5.92 Å². The van der Waals surface area contributed by atoms with Crippen LogP contribution in [-0.4, -0.2) is 40.8 Å². The molecule has 0 spiro atoms. The first-order valence-electron chi connectivity index (χ1n) is 7.54. The zero-order chi connectivity index (χ0) is 17.2. The van der Waals surface area contributed by atoms with E-state index in [4.69, 9.17) is 0 Å². The molecule has 2 amide bonds. The van der Waals surface area contributed by atoms with Crippen molar-refractivity contribution in [3.05, 3.63) is 23.5 Å². The molecule has 1 unspecified atom stereocenters. The van der Waals surface area contributed by atoms with Gasteiger partial charge in [-0.05, 0) is 24.8 Å². The molecular weight excluding hydrogens is 311 g/mol. The molecule has 1 aliphatic rings. The highest BCUT2D eigenvalue weighted by Gasteiger charge is 2.36. The van der Waals surface area contributed by atoms with E-state index in [0.717, 1.165) is 12.3 Å². The smallest absolute Gasteiger partial charge is 0.357 e. The quantitative estimate of drug-likeness (QED) is 0.893. The predicted molar refractivity (Wildman–Crippen MR) is 77.7 cm³/mol. The maximum Gasteiger partial charge on any atom is 0.431 e. The van der Waals surface area contributed by atoms with Crippen molar-refractivity contribution in [1.29, 1.82) is 0 Å². The molecule has 23 heavy (non-hydrogen) atoms.